The first-order chi connectivity index (χ1) is 15.8. The Bertz CT molecular complexity index is 1110. The first-order valence-electron chi connectivity index (χ1n) is 10.5. The SMILES string of the molecule is O=C(CCc1cccc(F)c1)N1CCN(Cc2nc(-c3cccc(C(F)(F)F)c3)no2)CC1. The van der Waals surface area contributed by atoms with Crippen molar-refractivity contribution >= 4 is 5.91 Å². The maximum absolute atomic E-state index is 13.3. The van der Waals surface area contributed by atoms with E-state index in [0.717, 1.165) is 17.7 Å². The zero-order valence-electron chi connectivity index (χ0n) is 17.7. The maximum atomic E-state index is 13.3. The Morgan fingerprint density at radius 2 is 1.79 bits per heavy atom. The number of halogens is 4. The van der Waals surface area contributed by atoms with Crippen LogP contribution in [0.4, 0.5) is 17.6 Å². The smallest absolute Gasteiger partial charge is 0.340 e. The summed E-state index contributed by atoms with van der Waals surface area (Å²) in [5, 5.41) is 3.81. The fraction of sp³-hybridized carbons (Fsp3) is 0.348. The van der Waals surface area contributed by atoms with Crippen LogP contribution in [0, 0.1) is 5.82 Å². The Labute approximate surface area is 187 Å². The Morgan fingerprint density at radius 3 is 2.52 bits per heavy atom. The van der Waals surface area contributed by atoms with Gasteiger partial charge in [0.05, 0.1) is 12.1 Å². The monoisotopic (exact) mass is 462 g/mol. The zero-order chi connectivity index (χ0) is 23.4. The molecule has 0 radical (unpaired) electrons. The van der Waals surface area contributed by atoms with E-state index in [9.17, 15) is 22.4 Å². The van der Waals surface area contributed by atoms with Crippen molar-refractivity contribution in [2.45, 2.75) is 25.6 Å². The second kappa shape index (κ2) is 9.70. The number of benzene rings is 2. The van der Waals surface area contributed by atoms with E-state index in [4.69, 9.17) is 4.52 Å². The predicted molar refractivity (Wildman–Crippen MR) is 111 cm³/mol. The molecule has 0 spiro atoms. The van der Waals surface area contributed by atoms with Crippen LogP contribution in [0.2, 0.25) is 0 Å². The average Bonchev–Trinajstić information content (AvgIpc) is 3.26. The molecule has 0 unspecified atom stereocenters. The van der Waals surface area contributed by atoms with Crippen molar-refractivity contribution in [1.82, 2.24) is 19.9 Å². The Kier molecular flexibility index (Phi) is 6.73. The average molecular weight is 462 g/mol. The molecule has 2 heterocycles. The van der Waals surface area contributed by atoms with Crippen LogP contribution in [0.3, 0.4) is 0 Å². The lowest BCUT2D eigenvalue weighted by Gasteiger charge is -2.34. The molecule has 174 valence electrons. The summed E-state index contributed by atoms with van der Waals surface area (Å²) in [5.41, 5.74) is 0.244. The van der Waals surface area contributed by atoms with Gasteiger partial charge in [-0.2, -0.15) is 18.2 Å². The van der Waals surface area contributed by atoms with E-state index >= 15 is 0 Å². The molecule has 0 bridgehead atoms. The van der Waals surface area contributed by atoms with Gasteiger partial charge in [0.2, 0.25) is 17.6 Å². The van der Waals surface area contributed by atoms with E-state index in [-0.39, 0.29) is 23.1 Å². The van der Waals surface area contributed by atoms with E-state index in [1.807, 2.05) is 4.90 Å². The molecule has 10 heteroatoms. The van der Waals surface area contributed by atoms with Gasteiger partial charge in [0.15, 0.2) is 0 Å². The number of aromatic nitrogens is 2. The molecule has 0 atom stereocenters. The highest BCUT2D eigenvalue weighted by Crippen LogP contribution is 2.31. The number of nitrogens with zero attached hydrogens (tertiary/aromatic N) is 4. The molecule has 1 aliphatic rings. The second-order valence-corrected chi connectivity index (χ2v) is 7.88. The molecule has 1 saturated heterocycles. The van der Waals surface area contributed by atoms with Crippen molar-refractivity contribution in [1.29, 1.82) is 0 Å². The minimum absolute atomic E-state index is 0.0172. The lowest BCUT2D eigenvalue weighted by molar-refractivity contribution is -0.137. The van der Waals surface area contributed by atoms with E-state index in [1.54, 1.807) is 17.0 Å². The normalized spacial score (nSPS) is 15.1. The number of amides is 1. The molecule has 1 aromatic heterocycles. The van der Waals surface area contributed by atoms with Crippen LogP contribution >= 0.6 is 0 Å². The standard InChI is InChI=1S/C23H22F4N4O2/c24-19-6-1-3-16(13-19)7-8-21(32)31-11-9-30(10-12-31)15-20-28-22(29-33-20)17-4-2-5-18(14-17)23(25,26)27/h1-6,13-14H,7-12,15H2. The minimum atomic E-state index is -4.45. The summed E-state index contributed by atoms with van der Waals surface area (Å²) in [7, 11) is 0. The largest absolute Gasteiger partial charge is 0.416 e. The molecule has 2 aromatic carbocycles. The minimum Gasteiger partial charge on any atom is -0.340 e. The maximum Gasteiger partial charge on any atom is 0.416 e. The number of hydrogen-bond donors (Lipinski definition) is 0. The van der Waals surface area contributed by atoms with Crippen molar-refractivity contribution < 1.29 is 26.9 Å². The topological polar surface area (TPSA) is 62.5 Å². The fourth-order valence-corrected chi connectivity index (χ4v) is 3.72. The van der Waals surface area contributed by atoms with Crippen LogP contribution in [0.5, 0.6) is 0 Å². The van der Waals surface area contributed by atoms with Crippen molar-refractivity contribution in [3.8, 4) is 11.4 Å². The second-order valence-electron chi connectivity index (χ2n) is 7.88. The van der Waals surface area contributed by atoms with Crippen LogP contribution in [-0.4, -0.2) is 52.0 Å². The number of hydrogen-bond acceptors (Lipinski definition) is 5. The van der Waals surface area contributed by atoms with Gasteiger partial charge < -0.3 is 9.42 Å². The van der Waals surface area contributed by atoms with Crippen LogP contribution in [0.25, 0.3) is 11.4 Å². The van der Waals surface area contributed by atoms with Gasteiger partial charge in [0.25, 0.3) is 0 Å². The van der Waals surface area contributed by atoms with Gasteiger partial charge in [-0.15, -0.1) is 0 Å². The molecule has 6 nitrogen and oxygen atoms in total. The highest BCUT2D eigenvalue weighted by Gasteiger charge is 2.31. The summed E-state index contributed by atoms with van der Waals surface area (Å²) in [6, 6.07) is 11.0. The molecule has 0 N–H and O–H groups in total. The number of carbonyl (C=O) groups is 1. The third-order valence-electron chi connectivity index (χ3n) is 5.52. The van der Waals surface area contributed by atoms with E-state index in [0.29, 0.717) is 51.5 Å². The molecule has 4 rings (SSSR count). The summed E-state index contributed by atoms with van der Waals surface area (Å²) in [6.45, 7) is 2.63. The quantitative estimate of drug-likeness (QED) is 0.515. The first kappa shape index (κ1) is 22.9. The Balaban J connectivity index is 1.27. The molecule has 1 fully saturated rings. The third kappa shape index (κ3) is 5.95. The summed E-state index contributed by atoms with van der Waals surface area (Å²) >= 11 is 0. The van der Waals surface area contributed by atoms with Crippen LogP contribution in [0.1, 0.15) is 23.4 Å². The van der Waals surface area contributed by atoms with Crippen LogP contribution in [-0.2, 0) is 23.9 Å². The van der Waals surface area contributed by atoms with E-state index in [2.05, 4.69) is 10.1 Å². The molecule has 1 aliphatic heterocycles. The van der Waals surface area contributed by atoms with Crippen LogP contribution in [0.15, 0.2) is 53.1 Å². The van der Waals surface area contributed by atoms with Gasteiger partial charge in [0, 0.05) is 38.2 Å². The van der Waals surface area contributed by atoms with Crippen molar-refractivity contribution in [2.75, 3.05) is 26.2 Å². The summed E-state index contributed by atoms with van der Waals surface area (Å²) in [6.07, 6.45) is -3.65. The van der Waals surface area contributed by atoms with Gasteiger partial charge in [-0.1, -0.05) is 29.4 Å². The van der Waals surface area contributed by atoms with Crippen molar-refractivity contribution in [2.24, 2.45) is 0 Å². The predicted octanol–water partition coefficient (Wildman–Crippen LogP) is 4.17. The highest BCUT2D eigenvalue weighted by molar-refractivity contribution is 5.76. The van der Waals surface area contributed by atoms with Gasteiger partial charge in [0.1, 0.15) is 5.82 Å². The molecule has 33 heavy (non-hydrogen) atoms. The van der Waals surface area contributed by atoms with Crippen molar-refractivity contribution in [3.05, 3.63) is 71.4 Å². The molecule has 0 aliphatic carbocycles. The molecular formula is C23H22F4N4O2. The Morgan fingerprint density at radius 1 is 1.03 bits per heavy atom. The third-order valence-corrected chi connectivity index (χ3v) is 5.52. The zero-order valence-corrected chi connectivity index (χ0v) is 17.7. The number of piperazine rings is 1. The van der Waals surface area contributed by atoms with Crippen LogP contribution < -0.4 is 0 Å². The lowest BCUT2D eigenvalue weighted by Crippen LogP contribution is -2.48. The van der Waals surface area contributed by atoms with Gasteiger partial charge in [-0.3, -0.25) is 9.69 Å². The summed E-state index contributed by atoms with van der Waals surface area (Å²) in [4.78, 5) is 20.5. The Hall–Kier alpha value is -3.27. The highest BCUT2D eigenvalue weighted by atomic mass is 19.4. The van der Waals surface area contributed by atoms with E-state index in [1.165, 1.54) is 24.3 Å². The lowest BCUT2D eigenvalue weighted by atomic mass is 10.1. The number of carbonyl (C=O) groups excluding carboxylic acids is 1. The molecule has 0 saturated carbocycles. The molecule has 1 amide bonds. The molecular weight excluding hydrogens is 440 g/mol. The molecule has 3 aromatic rings. The summed E-state index contributed by atoms with van der Waals surface area (Å²) < 4.78 is 57.3. The number of rotatable bonds is 6. The summed E-state index contributed by atoms with van der Waals surface area (Å²) in [5.74, 6) is 0.102. The van der Waals surface area contributed by atoms with Gasteiger partial charge in [-0.05, 0) is 36.2 Å². The number of alkyl halides is 3. The van der Waals surface area contributed by atoms with Gasteiger partial charge >= 0.3 is 6.18 Å². The van der Waals surface area contributed by atoms with E-state index < -0.39 is 11.7 Å². The fourth-order valence-electron chi connectivity index (χ4n) is 3.72. The number of aryl methyl sites for hydroxylation is 1. The first-order valence-corrected chi connectivity index (χ1v) is 10.5. The van der Waals surface area contributed by atoms with Crippen molar-refractivity contribution in [3.63, 3.8) is 0 Å². The van der Waals surface area contributed by atoms with Gasteiger partial charge in [-0.25, -0.2) is 4.39 Å².